The van der Waals surface area contributed by atoms with E-state index in [1.54, 1.807) is 12.1 Å². The number of methoxy groups -OCH3 is 1. The lowest BCUT2D eigenvalue weighted by Gasteiger charge is -2.22. The van der Waals surface area contributed by atoms with Gasteiger partial charge in [-0.15, -0.1) is 0 Å². The van der Waals surface area contributed by atoms with Crippen LogP contribution in [0.3, 0.4) is 0 Å². The van der Waals surface area contributed by atoms with Gasteiger partial charge in [-0.2, -0.15) is 0 Å². The fourth-order valence-corrected chi connectivity index (χ4v) is 3.66. The van der Waals surface area contributed by atoms with Crippen LogP contribution in [0.15, 0.2) is 48.8 Å². The highest BCUT2D eigenvalue weighted by Crippen LogP contribution is 2.27. The maximum Gasteiger partial charge on any atom is 0.337 e. The van der Waals surface area contributed by atoms with Crippen LogP contribution in [-0.4, -0.2) is 35.7 Å². The Labute approximate surface area is 153 Å². The van der Waals surface area contributed by atoms with Crippen molar-refractivity contribution in [1.29, 1.82) is 0 Å². The van der Waals surface area contributed by atoms with Crippen LogP contribution in [0.2, 0.25) is 0 Å². The van der Waals surface area contributed by atoms with Crippen LogP contribution in [0.5, 0.6) is 0 Å². The van der Waals surface area contributed by atoms with E-state index in [2.05, 4.69) is 28.2 Å². The second-order valence-electron chi connectivity index (χ2n) is 6.84. The van der Waals surface area contributed by atoms with Crippen molar-refractivity contribution in [1.82, 2.24) is 14.9 Å². The molecule has 3 aromatic rings. The summed E-state index contributed by atoms with van der Waals surface area (Å²) in [5.74, 6) is 0.303. The summed E-state index contributed by atoms with van der Waals surface area (Å²) in [5, 5.41) is 4.60. The number of benzene rings is 1. The van der Waals surface area contributed by atoms with Crippen LogP contribution >= 0.6 is 0 Å². The summed E-state index contributed by atoms with van der Waals surface area (Å²) < 4.78 is 6.89. The third-order valence-electron chi connectivity index (χ3n) is 5.16. The van der Waals surface area contributed by atoms with E-state index >= 15 is 0 Å². The zero-order valence-electron chi connectivity index (χ0n) is 14.9. The Morgan fingerprint density at radius 1 is 1.23 bits per heavy atom. The van der Waals surface area contributed by atoms with E-state index in [1.165, 1.54) is 30.9 Å². The van der Waals surface area contributed by atoms with Gasteiger partial charge >= 0.3 is 5.97 Å². The van der Waals surface area contributed by atoms with Crippen molar-refractivity contribution in [2.45, 2.75) is 25.3 Å². The van der Waals surface area contributed by atoms with E-state index in [4.69, 9.17) is 9.72 Å². The van der Waals surface area contributed by atoms with Crippen molar-refractivity contribution in [2.75, 3.05) is 20.2 Å². The zero-order chi connectivity index (χ0) is 17.9. The van der Waals surface area contributed by atoms with E-state index in [9.17, 15) is 4.79 Å². The molecule has 0 radical (unpaired) electrons. The molecule has 1 aliphatic heterocycles. The van der Waals surface area contributed by atoms with E-state index in [1.807, 2.05) is 18.3 Å². The van der Waals surface area contributed by atoms with E-state index in [0.717, 1.165) is 30.8 Å². The van der Waals surface area contributed by atoms with Crippen LogP contribution in [0, 0.1) is 0 Å². The summed E-state index contributed by atoms with van der Waals surface area (Å²) in [7, 11) is 1.39. The maximum atomic E-state index is 11.5. The normalized spacial score (nSPS) is 15.3. The molecule has 3 heterocycles. The van der Waals surface area contributed by atoms with Crippen molar-refractivity contribution >= 4 is 17.0 Å². The van der Waals surface area contributed by atoms with E-state index in [-0.39, 0.29) is 5.97 Å². The number of piperidine rings is 1. The van der Waals surface area contributed by atoms with Gasteiger partial charge in [-0.05, 0) is 67.2 Å². The second-order valence-corrected chi connectivity index (χ2v) is 6.84. The van der Waals surface area contributed by atoms with Gasteiger partial charge in [-0.1, -0.05) is 12.1 Å². The Balaban J connectivity index is 1.54. The van der Waals surface area contributed by atoms with E-state index in [0.29, 0.717) is 11.5 Å². The molecule has 0 spiro atoms. The predicted octanol–water partition coefficient (Wildman–Crippen LogP) is 3.34. The molecule has 4 rings (SSSR count). The molecule has 1 aliphatic rings. The minimum absolute atomic E-state index is 0.310. The molecule has 0 unspecified atom stereocenters. The number of carbonyl (C=O) groups excluding carboxylic acids is 1. The third kappa shape index (κ3) is 3.35. The van der Waals surface area contributed by atoms with Gasteiger partial charge in [0.25, 0.3) is 0 Å². The molecular formula is C21H23N3O2. The smallest absolute Gasteiger partial charge is 0.337 e. The van der Waals surface area contributed by atoms with Crippen molar-refractivity contribution < 1.29 is 9.53 Å². The lowest BCUT2D eigenvalue weighted by atomic mass is 9.91. The molecule has 134 valence electrons. The average molecular weight is 349 g/mol. The number of ether oxygens (including phenoxy) is 1. The third-order valence-corrected chi connectivity index (χ3v) is 5.16. The Hall–Kier alpha value is -2.66. The first kappa shape index (κ1) is 16.8. The van der Waals surface area contributed by atoms with Crippen LogP contribution in [0.25, 0.3) is 11.0 Å². The molecule has 0 bridgehead atoms. The molecule has 2 aromatic heterocycles. The van der Waals surface area contributed by atoms with Crippen molar-refractivity contribution in [2.24, 2.45) is 0 Å². The highest BCUT2D eigenvalue weighted by Gasteiger charge is 2.16. The molecule has 5 heteroatoms. The largest absolute Gasteiger partial charge is 0.465 e. The molecule has 5 nitrogen and oxygen atoms in total. The SMILES string of the molecule is COC(=O)c1ccc(Cn2ccc3cc(C4CCNCC4)cnc32)cc1. The van der Waals surface area contributed by atoms with Gasteiger partial charge in [0.2, 0.25) is 0 Å². The van der Waals surface area contributed by atoms with Crippen LogP contribution in [0.1, 0.15) is 40.2 Å². The number of pyridine rings is 1. The molecule has 0 saturated carbocycles. The zero-order valence-corrected chi connectivity index (χ0v) is 14.9. The van der Waals surface area contributed by atoms with Crippen LogP contribution in [-0.2, 0) is 11.3 Å². The molecule has 0 amide bonds. The number of esters is 1. The van der Waals surface area contributed by atoms with E-state index < -0.39 is 0 Å². The minimum atomic E-state index is -0.310. The number of carbonyl (C=O) groups is 1. The topological polar surface area (TPSA) is 56.1 Å². The Morgan fingerprint density at radius 3 is 2.73 bits per heavy atom. The van der Waals surface area contributed by atoms with Crippen molar-refractivity contribution in [3.05, 3.63) is 65.5 Å². The van der Waals surface area contributed by atoms with Gasteiger partial charge in [-0.3, -0.25) is 0 Å². The Morgan fingerprint density at radius 2 is 2.00 bits per heavy atom. The first-order valence-corrected chi connectivity index (χ1v) is 9.07. The molecule has 1 fully saturated rings. The lowest BCUT2D eigenvalue weighted by Crippen LogP contribution is -2.26. The summed E-state index contributed by atoms with van der Waals surface area (Å²) in [6.45, 7) is 2.90. The molecule has 1 N–H and O–H groups in total. The molecular weight excluding hydrogens is 326 g/mol. The fraction of sp³-hybridized carbons (Fsp3) is 0.333. The number of nitrogens with zero attached hydrogens (tertiary/aromatic N) is 2. The van der Waals surface area contributed by atoms with Crippen molar-refractivity contribution in [3.63, 3.8) is 0 Å². The summed E-state index contributed by atoms with van der Waals surface area (Å²) in [6, 6.07) is 11.9. The quantitative estimate of drug-likeness (QED) is 0.734. The van der Waals surface area contributed by atoms with Gasteiger partial charge in [0.05, 0.1) is 12.7 Å². The fourth-order valence-electron chi connectivity index (χ4n) is 3.66. The summed E-state index contributed by atoms with van der Waals surface area (Å²) in [4.78, 5) is 16.3. The first-order chi connectivity index (χ1) is 12.7. The Kier molecular flexibility index (Phi) is 4.71. The molecule has 0 atom stereocenters. The average Bonchev–Trinajstić information content (AvgIpc) is 3.10. The van der Waals surface area contributed by atoms with Gasteiger partial charge in [0.1, 0.15) is 5.65 Å². The van der Waals surface area contributed by atoms with Gasteiger partial charge in [0, 0.05) is 24.3 Å². The van der Waals surface area contributed by atoms with Crippen molar-refractivity contribution in [3.8, 4) is 0 Å². The van der Waals surface area contributed by atoms with Gasteiger partial charge in [0.15, 0.2) is 0 Å². The molecule has 1 aromatic carbocycles. The number of rotatable bonds is 4. The lowest BCUT2D eigenvalue weighted by molar-refractivity contribution is 0.0600. The number of aromatic nitrogens is 2. The van der Waals surface area contributed by atoms with Gasteiger partial charge < -0.3 is 14.6 Å². The minimum Gasteiger partial charge on any atom is -0.465 e. The molecule has 26 heavy (non-hydrogen) atoms. The van der Waals surface area contributed by atoms with Crippen LogP contribution < -0.4 is 5.32 Å². The number of hydrogen-bond acceptors (Lipinski definition) is 4. The van der Waals surface area contributed by atoms with Gasteiger partial charge in [-0.25, -0.2) is 9.78 Å². The predicted molar refractivity (Wildman–Crippen MR) is 101 cm³/mol. The monoisotopic (exact) mass is 349 g/mol. The maximum absolute atomic E-state index is 11.5. The highest BCUT2D eigenvalue weighted by molar-refractivity contribution is 5.89. The van der Waals surface area contributed by atoms with Crippen LogP contribution in [0.4, 0.5) is 0 Å². The standard InChI is InChI=1S/C21H23N3O2/c1-26-21(25)17-4-2-15(3-5-17)14-24-11-8-18-12-19(13-23-20(18)24)16-6-9-22-10-7-16/h2-5,8,11-13,16,22H,6-7,9-10,14H2,1H3. The highest BCUT2D eigenvalue weighted by atomic mass is 16.5. The number of nitrogens with one attached hydrogen (secondary N) is 1. The Bertz CT molecular complexity index is 909. The summed E-state index contributed by atoms with van der Waals surface area (Å²) in [6.07, 6.45) is 6.48. The number of hydrogen-bond donors (Lipinski definition) is 1. The number of fused-ring (bicyclic) bond motifs is 1. The first-order valence-electron chi connectivity index (χ1n) is 9.07. The summed E-state index contributed by atoms with van der Waals surface area (Å²) >= 11 is 0. The molecule has 0 aliphatic carbocycles. The molecule has 1 saturated heterocycles. The summed E-state index contributed by atoms with van der Waals surface area (Å²) in [5.41, 5.74) is 4.04. The second kappa shape index (κ2) is 7.30.